The standard InChI is InChI=1S/C17H23N5O/c1-13(14-6-4-3-5-7-14)22-11-9-15(12-22)19-17(23)20-16-8-10-18-21(16)2/h3-8,10,13,15H,9,11-12H2,1-2H3,(H2,19,20,23). The first kappa shape index (κ1) is 15.6. The molecule has 0 aliphatic carbocycles. The van der Waals surface area contributed by atoms with Crippen LogP contribution in [0.1, 0.15) is 24.9 Å². The van der Waals surface area contributed by atoms with Gasteiger partial charge in [0.05, 0.1) is 6.20 Å². The van der Waals surface area contributed by atoms with Crippen LogP contribution in [0.4, 0.5) is 10.6 Å². The number of aromatic nitrogens is 2. The zero-order chi connectivity index (χ0) is 16.2. The van der Waals surface area contributed by atoms with Crippen LogP contribution in [0.5, 0.6) is 0 Å². The summed E-state index contributed by atoms with van der Waals surface area (Å²) in [6.45, 7) is 4.08. The summed E-state index contributed by atoms with van der Waals surface area (Å²) in [5.74, 6) is 0.690. The lowest BCUT2D eigenvalue weighted by molar-refractivity contribution is 0.241. The van der Waals surface area contributed by atoms with Crippen LogP contribution in [0.25, 0.3) is 0 Å². The molecule has 0 bridgehead atoms. The molecule has 1 saturated heterocycles. The maximum absolute atomic E-state index is 12.1. The number of carbonyl (C=O) groups is 1. The molecule has 1 aliphatic rings. The number of hydrogen-bond acceptors (Lipinski definition) is 3. The fraction of sp³-hybridized carbons (Fsp3) is 0.412. The highest BCUT2D eigenvalue weighted by Gasteiger charge is 2.27. The Bertz CT molecular complexity index is 654. The number of amides is 2. The van der Waals surface area contributed by atoms with Gasteiger partial charge in [-0.2, -0.15) is 5.10 Å². The summed E-state index contributed by atoms with van der Waals surface area (Å²) in [4.78, 5) is 14.5. The molecule has 2 atom stereocenters. The second-order valence-electron chi connectivity index (χ2n) is 6.01. The lowest BCUT2D eigenvalue weighted by Gasteiger charge is -2.24. The summed E-state index contributed by atoms with van der Waals surface area (Å²) in [5, 5.41) is 9.91. The molecule has 2 aromatic rings. The van der Waals surface area contributed by atoms with E-state index >= 15 is 0 Å². The molecule has 3 rings (SSSR count). The number of nitrogens with zero attached hydrogens (tertiary/aromatic N) is 3. The summed E-state index contributed by atoms with van der Waals surface area (Å²) in [7, 11) is 1.80. The Morgan fingerprint density at radius 2 is 2.09 bits per heavy atom. The molecular weight excluding hydrogens is 290 g/mol. The molecule has 2 unspecified atom stereocenters. The number of carbonyl (C=O) groups excluding carboxylic acids is 1. The Hall–Kier alpha value is -2.34. The summed E-state index contributed by atoms with van der Waals surface area (Å²) in [6, 6.07) is 12.6. The van der Waals surface area contributed by atoms with Crippen molar-refractivity contribution >= 4 is 11.8 Å². The molecule has 0 spiro atoms. The number of benzene rings is 1. The van der Waals surface area contributed by atoms with E-state index in [9.17, 15) is 4.79 Å². The van der Waals surface area contributed by atoms with Crippen LogP contribution in [-0.2, 0) is 7.05 Å². The predicted octanol–water partition coefficient (Wildman–Crippen LogP) is 2.38. The molecule has 0 radical (unpaired) electrons. The van der Waals surface area contributed by atoms with Gasteiger partial charge in [-0.25, -0.2) is 4.79 Å². The summed E-state index contributed by atoms with van der Waals surface area (Å²) in [5.41, 5.74) is 1.31. The molecule has 1 aromatic carbocycles. The van der Waals surface area contributed by atoms with Crippen LogP contribution < -0.4 is 10.6 Å². The second kappa shape index (κ2) is 6.83. The average Bonchev–Trinajstić information content (AvgIpc) is 3.17. The summed E-state index contributed by atoms with van der Waals surface area (Å²) >= 11 is 0. The molecule has 122 valence electrons. The third-order valence-corrected chi connectivity index (χ3v) is 4.45. The van der Waals surface area contributed by atoms with E-state index in [4.69, 9.17) is 0 Å². The van der Waals surface area contributed by atoms with E-state index in [1.54, 1.807) is 24.0 Å². The average molecular weight is 313 g/mol. The van der Waals surface area contributed by atoms with E-state index in [0.29, 0.717) is 11.9 Å². The van der Waals surface area contributed by atoms with Crippen LogP contribution >= 0.6 is 0 Å². The van der Waals surface area contributed by atoms with Crippen molar-refractivity contribution in [3.05, 3.63) is 48.2 Å². The van der Waals surface area contributed by atoms with Gasteiger partial charge in [0.15, 0.2) is 0 Å². The fourth-order valence-corrected chi connectivity index (χ4v) is 3.03. The quantitative estimate of drug-likeness (QED) is 0.911. The lowest BCUT2D eigenvalue weighted by atomic mass is 10.1. The van der Waals surface area contributed by atoms with Crippen molar-refractivity contribution in [2.45, 2.75) is 25.4 Å². The highest BCUT2D eigenvalue weighted by Crippen LogP contribution is 2.24. The van der Waals surface area contributed by atoms with Gasteiger partial charge in [-0.3, -0.25) is 14.9 Å². The molecule has 2 heterocycles. The minimum absolute atomic E-state index is 0.173. The first-order valence-corrected chi connectivity index (χ1v) is 7.98. The van der Waals surface area contributed by atoms with E-state index in [2.05, 4.69) is 51.8 Å². The molecule has 0 saturated carbocycles. The lowest BCUT2D eigenvalue weighted by Crippen LogP contribution is -2.40. The maximum atomic E-state index is 12.1. The Balaban J connectivity index is 1.52. The molecule has 1 fully saturated rings. The van der Waals surface area contributed by atoms with Crippen LogP contribution in [-0.4, -0.2) is 39.8 Å². The Labute approximate surface area is 136 Å². The predicted molar refractivity (Wildman–Crippen MR) is 90.2 cm³/mol. The van der Waals surface area contributed by atoms with Crippen molar-refractivity contribution in [2.75, 3.05) is 18.4 Å². The van der Waals surface area contributed by atoms with Gasteiger partial charge in [-0.15, -0.1) is 0 Å². The van der Waals surface area contributed by atoms with E-state index in [1.165, 1.54) is 5.56 Å². The van der Waals surface area contributed by atoms with Gasteiger partial charge in [0.1, 0.15) is 5.82 Å². The molecule has 1 aromatic heterocycles. The van der Waals surface area contributed by atoms with Crippen LogP contribution in [0.2, 0.25) is 0 Å². The van der Waals surface area contributed by atoms with Gasteiger partial charge in [0.2, 0.25) is 0 Å². The van der Waals surface area contributed by atoms with E-state index in [1.807, 2.05) is 6.07 Å². The number of nitrogens with one attached hydrogen (secondary N) is 2. The number of rotatable bonds is 4. The highest BCUT2D eigenvalue weighted by molar-refractivity contribution is 5.88. The first-order chi connectivity index (χ1) is 11.1. The molecule has 2 N–H and O–H groups in total. The maximum Gasteiger partial charge on any atom is 0.320 e. The smallest absolute Gasteiger partial charge is 0.320 e. The van der Waals surface area contributed by atoms with Gasteiger partial charge in [0, 0.05) is 38.3 Å². The van der Waals surface area contributed by atoms with Crippen LogP contribution in [0, 0.1) is 0 Å². The SMILES string of the molecule is CC(c1ccccc1)N1CCC(NC(=O)Nc2ccnn2C)C1. The van der Waals surface area contributed by atoms with Crippen molar-refractivity contribution in [1.29, 1.82) is 0 Å². The third kappa shape index (κ3) is 3.71. The number of aryl methyl sites for hydroxylation is 1. The molecule has 1 aliphatic heterocycles. The van der Waals surface area contributed by atoms with Gasteiger partial charge in [-0.05, 0) is 18.9 Å². The fourth-order valence-electron chi connectivity index (χ4n) is 3.03. The van der Waals surface area contributed by atoms with Gasteiger partial charge in [-0.1, -0.05) is 30.3 Å². The number of anilines is 1. The van der Waals surface area contributed by atoms with Gasteiger partial charge in [0.25, 0.3) is 0 Å². The number of likely N-dealkylation sites (tertiary alicyclic amines) is 1. The van der Waals surface area contributed by atoms with Crippen molar-refractivity contribution in [3.63, 3.8) is 0 Å². The van der Waals surface area contributed by atoms with E-state index in [-0.39, 0.29) is 12.1 Å². The molecule has 6 nitrogen and oxygen atoms in total. The normalized spacial score (nSPS) is 19.5. The second-order valence-corrected chi connectivity index (χ2v) is 6.01. The molecule has 6 heteroatoms. The van der Waals surface area contributed by atoms with Crippen LogP contribution in [0.3, 0.4) is 0 Å². The van der Waals surface area contributed by atoms with E-state index < -0.39 is 0 Å². The van der Waals surface area contributed by atoms with Crippen molar-refractivity contribution in [2.24, 2.45) is 7.05 Å². The summed E-state index contributed by atoms with van der Waals surface area (Å²) in [6.07, 6.45) is 2.63. The minimum atomic E-state index is -0.173. The first-order valence-electron chi connectivity index (χ1n) is 7.98. The van der Waals surface area contributed by atoms with Gasteiger partial charge < -0.3 is 5.32 Å². The number of hydrogen-bond donors (Lipinski definition) is 2. The van der Waals surface area contributed by atoms with Crippen LogP contribution in [0.15, 0.2) is 42.6 Å². The zero-order valence-corrected chi connectivity index (χ0v) is 13.6. The highest BCUT2D eigenvalue weighted by atomic mass is 16.2. The molecule has 23 heavy (non-hydrogen) atoms. The van der Waals surface area contributed by atoms with Crippen molar-refractivity contribution in [3.8, 4) is 0 Å². The Morgan fingerprint density at radius 1 is 1.30 bits per heavy atom. The Kier molecular flexibility index (Phi) is 4.62. The minimum Gasteiger partial charge on any atom is -0.334 e. The third-order valence-electron chi connectivity index (χ3n) is 4.45. The van der Waals surface area contributed by atoms with E-state index in [0.717, 1.165) is 19.5 Å². The van der Waals surface area contributed by atoms with Crippen molar-refractivity contribution < 1.29 is 4.79 Å². The zero-order valence-electron chi connectivity index (χ0n) is 13.6. The molecule has 2 amide bonds. The molecular formula is C17H23N5O. The van der Waals surface area contributed by atoms with Crippen molar-refractivity contribution in [1.82, 2.24) is 20.0 Å². The monoisotopic (exact) mass is 313 g/mol. The number of urea groups is 1. The largest absolute Gasteiger partial charge is 0.334 e. The van der Waals surface area contributed by atoms with Gasteiger partial charge >= 0.3 is 6.03 Å². The summed E-state index contributed by atoms with van der Waals surface area (Å²) < 4.78 is 1.64. The topological polar surface area (TPSA) is 62.2 Å². The Morgan fingerprint density at radius 3 is 2.78 bits per heavy atom.